The van der Waals surface area contributed by atoms with Gasteiger partial charge in [-0.3, -0.25) is 9.47 Å². The Morgan fingerprint density at radius 3 is 2.78 bits per heavy atom. The first-order valence-electron chi connectivity index (χ1n) is 7.59. The average molecular weight is 329 g/mol. The van der Waals surface area contributed by atoms with Gasteiger partial charge < -0.3 is 10.1 Å². The van der Waals surface area contributed by atoms with E-state index in [2.05, 4.69) is 33.7 Å². The average Bonchev–Trinajstić information content (AvgIpc) is 2.99. The molecule has 120 valence electrons. The number of fused-ring (bicyclic) bond motifs is 1. The molecule has 7 heteroatoms. The Labute approximate surface area is 139 Å². The number of phenolic OH excluding ortho intramolecular Hbond substituents is 1. The molecule has 2 heterocycles. The van der Waals surface area contributed by atoms with E-state index in [0.29, 0.717) is 22.5 Å². The molecule has 2 aromatic heterocycles. The minimum atomic E-state index is 0.305. The molecule has 0 spiro atoms. The van der Waals surface area contributed by atoms with Gasteiger partial charge in [0.15, 0.2) is 4.64 Å². The van der Waals surface area contributed by atoms with Crippen molar-refractivity contribution in [3.8, 4) is 11.4 Å². The lowest BCUT2D eigenvalue weighted by atomic mass is 10.1. The van der Waals surface area contributed by atoms with Crippen LogP contribution in [0.2, 0.25) is 0 Å². The maximum Gasteiger partial charge on any atom is 0.157 e. The van der Waals surface area contributed by atoms with Crippen LogP contribution in [0.3, 0.4) is 0 Å². The smallest absolute Gasteiger partial charge is 0.157 e. The van der Waals surface area contributed by atoms with Gasteiger partial charge >= 0.3 is 0 Å². The van der Waals surface area contributed by atoms with Crippen molar-refractivity contribution < 1.29 is 5.11 Å². The third-order valence-corrected chi connectivity index (χ3v) is 4.28. The van der Waals surface area contributed by atoms with Crippen molar-refractivity contribution in [3.05, 3.63) is 41.1 Å². The molecular weight excluding hydrogens is 310 g/mol. The molecule has 0 aliphatic carbocycles. The molecule has 3 aromatic rings. The summed E-state index contributed by atoms with van der Waals surface area (Å²) in [5.41, 5.74) is 3.27. The number of hydrogen-bond acceptors (Lipinski definition) is 5. The quantitative estimate of drug-likeness (QED) is 0.704. The Kier molecular flexibility index (Phi) is 4.40. The van der Waals surface area contributed by atoms with Crippen molar-refractivity contribution in [2.24, 2.45) is 0 Å². The minimum Gasteiger partial charge on any atom is -0.508 e. The molecule has 0 saturated carbocycles. The number of H-pyrrole nitrogens is 1. The lowest BCUT2D eigenvalue weighted by Crippen LogP contribution is -2.22. The minimum absolute atomic E-state index is 0.305. The van der Waals surface area contributed by atoms with Gasteiger partial charge in [-0.25, -0.2) is 9.97 Å². The predicted octanol–water partition coefficient (Wildman–Crippen LogP) is 3.03. The van der Waals surface area contributed by atoms with Gasteiger partial charge in [0.1, 0.15) is 23.2 Å². The molecule has 1 aromatic carbocycles. The predicted molar refractivity (Wildman–Crippen MR) is 92.3 cm³/mol. The molecule has 0 radical (unpaired) electrons. The summed E-state index contributed by atoms with van der Waals surface area (Å²) in [5.74, 6) is 0.305. The van der Waals surface area contributed by atoms with Crippen molar-refractivity contribution in [2.75, 3.05) is 13.1 Å². The summed E-state index contributed by atoms with van der Waals surface area (Å²) in [4.78, 5) is 13.7. The second-order valence-electron chi connectivity index (χ2n) is 5.29. The SMILES string of the molecule is CCN(CC)Cc1cc(-n2cnc3c(=S)nc[nH]c32)ccc1O. The molecule has 0 fully saturated rings. The first-order chi connectivity index (χ1) is 11.1. The van der Waals surface area contributed by atoms with Gasteiger partial charge in [0.25, 0.3) is 0 Å². The van der Waals surface area contributed by atoms with Crippen molar-refractivity contribution in [3.63, 3.8) is 0 Å². The van der Waals surface area contributed by atoms with E-state index in [1.165, 1.54) is 0 Å². The number of aromatic amines is 1. The Bertz CT molecular complexity index is 882. The largest absolute Gasteiger partial charge is 0.508 e. The summed E-state index contributed by atoms with van der Waals surface area (Å²) < 4.78 is 2.39. The molecule has 0 aliphatic heterocycles. The first-order valence-corrected chi connectivity index (χ1v) is 8.00. The van der Waals surface area contributed by atoms with Crippen LogP contribution in [0.15, 0.2) is 30.9 Å². The van der Waals surface area contributed by atoms with Crippen LogP contribution >= 0.6 is 12.2 Å². The van der Waals surface area contributed by atoms with Gasteiger partial charge in [0.2, 0.25) is 0 Å². The zero-order valence-corrected chi connectivity index (χ0v) is 14.0. The standard InChI is InChI=1S/C16H19N5OS/c1-3-20(4-2)8-11-7-12(5-6-13(11)22)21-10-19-14-15(21)17-9-18-16(14)23/h5-7,9-10,22H,3-4,8H2,1-2H3,(H,17,18,23). The number of nitrogens with one attached hydrogen (secondary N) is 1. The van der Waals surface area contributed by atoms with Gasteiger partial charge in [-0.05, 0) is 31.3 Å². The summed E-state index contributed by atoms with van der Waals surface area (Å²) in [6, 6.07) is 5.56. The summed E-state index contributed by atoms with van der Waals surface area (Å²) in [6.45, 7) is 6.80. The number of rotatable bonds is 5. The number of imidazole rings is 1. The topological polar surface area (TPSA) is 70.0 Å². The van der Waals surface area contributed by atoms with Crippen molar-refractivity contribution in [2.45, 2.75) is 20.4 Å². The van der Waals surface area contributed by atoms with Crippen LogP contribution in [-0.4, -0.2) is 42.6 Å². The highest BCUT2D eigenvalue weighted by Gasteiger charge is 2.11. The zero-order valence-electron chi connectivity index (χ0n) is 13.2. The van der Waals surface area contributed by atoms with E-state index >= 15 is 0 Å². The van der Waals surface area contributed by atoms with E-state index in [4.69, 9.17) is 12.2 Å². The van der Waals surface area contributed by atoms with Crippen LogP contribution < -0.4 is 0 Å². The van der Waals surface area contributed by atoms with E-state index in [1.807, 2.05) is 16.7 Å². The molecule has 0 aliphatic rings. The second-order valence-corrected chi connectivity index (χ2v) is 5.68. The molecule has 0 amide bonds. The summed E-state index contributed by atoms with van der Waals surface area (Å²) >= 11 is 5.20. The monoisotopic (exact) mass is 329 g/mol. The van der Waals surface area contributed by atoms with Crippen LogP contribution in [0.25, 0.3) is 16.9 Å². The fourth-order valence-corrected chi connectivity index (χ4v) is 2.79. The molecular formula is C16H19N5OS. The van der Waals surface area contributed by atoms with Crippen LogP contribution in [0.1, 0.15) is 19.4 Å². The normalized spacial score (nSPS) is 11.4. The van der Waals surface area contributed by atoms with Gasteiger partial charge in [-0.1, -0.05) is 26.1 Å². The number of benzene rings is 1. The number of phenols is 1. The molecule has 2 N–H and O–H groups in total. The van der Waals surface area contributed by atoms with E-state index in [-0.39, 0.29) is 0 Å². The highest BCUT2D eigenvalue weighted by Crippen LogP contribution is 2.24. The Hall–Kier alpha value is -2.25. The van der Waals surface area contributed by atoms with Gasteiger partial charge in [0, 0.05) is 17.8 Å². The fourth-order valence-electron chi connectivity index (χ4n) is 2.59. The van der Waals surface area contributed by atoms with Gasteiger partial charge in [-0.15, -0.1) is 0 Å². The van der Waals surface area contributed by atoms with Gasteiger partial charge in [-0.2, -0.15) is 0 Å². The van der Waals surface area contributed by atoms with Crippen molar-refractivity contribution in [1.82, 2.24) is 24.4 Å². The molecule has 0 saturated heterocycles. The third-order valence-electron chi connectivity index (χ3n) is 3.98. The summed E-state index contributed by atoms with van der Waals surface area (Å²) in [7, 11) is 0. The molecule has 0 unspecified atom stereocenters. The Morgan fingerprint density at radius 2 is 2.04 bits per heavy atom. The maximum atomic E-state index is 10.1. The van der Waals surface area contributed by atoms with Crippen LogP contribution in [0.4, 0.5) is 0 Å². The van der Waals surface area contributed by atoms with E-state index in [9.17, 15) is 5.11 Å². The Balaban J connectivity index is 2.06. The molecule has 6 nitrogen and oxygen atoms in total. The molecule has 0 atom stereocenters. The summed E-state index contributed by atoms with van der Waals surface area (Å²) in [5, 5.41) is 10.1. The Morgan fingerprint density at radius 1 is 1.26 bits per heavy atom. The lowest BCUT2D eigenvalue weighted by Gasteiger charge is -2.19. The molecule has 23 heavy (non-hydrogen) atoms. The number of aromatic hydroxyl groups is 1. The van der Waals surface area contributed by atoms with E-state index < -0.39 is 0 Å². The third kappa shape index (κ3) is 2.97. The number of nitrogens with zero attached hydrogens (tertiary/aromatic N) is 4. The first kappa shape index (κ1) is 15.6. The van der Waals surface area contributed by atoms with Crippen LogP contribution in [0.5, 0.6) is 5.75 Å². The zero-order chi connectivity index (χ0) is 16.4. The van der Waals surface area contributed by atoms with E-state index in [1.54, 1.807) is 18.7 Å². The number of hydrogen-bond donors (Lipinski definition) is 2. The summed E-state index contributed by atoms with van der Waals surface area (Å²) in [6.07, 6.45) is 3.28. The van der Waals surface area contributed by atoms with Crippen molar-refractivity contribution >= 4 is 23.4 Å². The fraction of sp³-hybridized carbons (Fsp3) is 0.312. The molecule has 3 rings (SSSR count). The lowest BCUT2D eigenvalue weighted by molar-refractivity contribution is 0.291. The van der Waals surface area contributed by atoms with Crippen LogP contribution in [0, 0.1) is 4.64 Å². The highest BCUT2D eigenvalue weighted by molar-refractivity contribution is 7.71. The van der Waals surface area contributed by atoms with E-state index in [0.717, 1.165) is 30.0 Å². The van der Waals surface area contributed by atoms with Gasteiger partial charge in [0.05, 0.1) is 6.33 Å². The maximum absolute atomic E-state index is 10.1. The number of aromatic nitrogens is 4. The van der Waals surface area contributed by atoms with Crippen molar-refractivity contribution in [1.29, 1.82) is 0 Å². The second kappa shape index (κ2) is 6.47. The highest BCUT2D eigenvalue weighted by atomic mass is 32.1. The van der Waals surface area contributed by atoms with Crippen LogP contribution in [-0.2, 0) is 6.54 Å². The molecule has 0 bridgehead atoms.